The molecule has 0 spiro atoms. The monoisotopic (exact) mass is 1690 g/mol. The molecule has 0 saturated heterocycles. The van der Waals surface area contributed by atoms with E-state index in [2.05, 4.69) is 150 Å². The molecule has 20 atom stereocenters. The maximum atomic E-state index is 10.3. The summed E-state index contributed by atoms with van der Waals surface area (Å²) in [7, 11) is -9.60. The molecule has 648 valence electrons. The van der Waals surface area contributed by atoms with Crippen LogP contribution in [-0.4, -0.2) is 30.0 Å². The van der Waals surface area contributed by atoms with E-state index in [-0.39, 0.29) is 33.7 Å². The number of fused-ring (bicyclic) bond motifs is 10. The van der Waals surface area contributed by atoms with E-state index >= 15 is 0 Å². The van der Waals surface area contributed by atoms with Gasteiger partial charge in [-0.1, -0.05) is 141 Å². The van der Waals surface area contributed by atoms with E-state index in [0.29, 0.717) is 13.8 Å². The van der Waals surface area contributed by atoms with Gasteiger partial charge in [0.1, 0.15) is 0 Å². The SMILES string of the molecule is C.C.C1CC2C3=C4C1C1CCC5C6=C1C4C1c4c3c3c7c8c9c%10c%11c%12c(c6c1c%11c48)C5CCC%12C%10CCC9C7CCC32.C1CC2C3=C4C1C1CCC5C6=C1C4C1c4c3c3c7c8c9c%10c%11c%12c(c6c1c%11c48)C5CCC%12C%10CCC9C7CCC32.CC(C)(S(=O)(=O)O)S(=O)(=O)O.CCC=C(C)C(C)C.CCC=C(C)C(C)C.CCC=C(C)CC.C[CH-]C(C)=CCC.[Li+]. The zero-order valence-electron chi connectivity index (χ0n) is 76.4. The molecule has 2 N–H and O–H groups in total. The third-order valence-electron chi connectivity index (χ3n) is 40.7. The van der Waals surface area contributed by atoms with Crippen LogP contribution in [-0.2, 0) is 20.2 Å². The Balaban J connectivity index is 0.0000000986. The van der Waals surface area contributed by atoms with Gasteiger partial charge in [-0.25, -0.2) is 18.1 Å². The van der Waals surface area contributed by atoms with Gasteiger partial charge in [-0.2, -0.15) is 16.8 Å². The predicted octanol–water partition coefficient (Wildman–Crippen LogP) is 28.3. The Morgan fingerprint density at radius 1 is 0.323 bits per heavy atom. The van der Waals surface area contributed by atoms with Gasteiger partial charge in [0.05, 0.1) is 0 Å². The zero-order chi connectivity index (χ0) is 82.8. The smallest absolute Gasteiger partial charge is 0.284 e. The second-order valence-corrected chi connectivity index (χ2v) is 49.4. The molecular weight excluding hydrogens is 1550 g/mol. The summed E-state index contributed by atoms with van der Waals surface area (Å²) >= 11 is 0. The van der Waals surface area contributed by atoms with Crippen LogP contribution in [0, 0.1) is 77.4 Å². The van der Waals surface area contributed by atoms with Crippen molar-refractivity contribution in [2.24, 2.45) is 71.0 Å². The standard InChI is InChI=1S/2C40H32.2C8H16.C7H14.C7H13.C3H8O6S2.2CH4.Li/c2*1-2-12-14-5-6-16-18-9-10-20-19-8-7-17-15-4-3-13-11(1)21-22(12)32-24(14)26(16)34-29(18)30(20)35-28(19)27(17)33-25(15)23(13)31(21)36-37(32)39(34)40(35)38(33)36;2*1-5-6-8(4)7(2)3;2*1-4-6-7(3)5-2;1-3(2,10(4,5)6)11(7,8)9;;;/h2*11-20,31,36H,1-10H2;2*6-7H,5H2,1-4H3;6H,4-5H2,1-3H3;5-6H,4H2,1-3H3;1-2H3,(H,4,5,6)(H,7,8,9);2*1H4;/q;;;;;-1;;;;+1. The van der Waals surface area contributed by atoms with Crippen molar-refractivity contribution in [2.75, 3.05) is 0 Å². The summed E-state index contributed by atoms with van der Waals surface area (Å²) in [6.45, 7) is 31.8. The molecule has 20 unspecified atom stereocenters. The fraction of sp³-hybridized carbons (Fsp3) is 0.609. The van der Waals surface area contributed by atoms with Crippen LogP contribution in [0.3, 0.4) is 0 Å². The quantitative estimate of drug-likeness (QED) is 0.0465. The van der Waals surface area contributed by atoms with E-state index in [9.17, 15) is 16.8 Å². The van der Waals surface area contributed by atoms with Crippen molar-refractivity contribution in [3.05, 3.63) is 187 Å². The van der Waals surface area contributed by atoms with Gasteiger partial charge in [-0.3, -0.25) is 9.11 Å². The van der Waals surface area contributed by atoms with E-state index in [0.717, 1.165) is 160 Å². The van der Waals surface area contributed by atoms with E-state index in [1.165, 1.54) is 176 Å². The van der Waals surface area contributed by atoms with Gasteiger partial charge in [-0.05, 0) is 496 Å². The molecule has 124 heavy (non-hydrogen) atoms. The Hall–Kier alpha value is -5.43. The van der Waals surface area contributed by atoms with Crippen LogP contribution in [0.5, 0.6) is 0 Å². The van der Waals surface area contributed by atoms with Gasteiger partial charge in [0.2, 0.25) is 4.08 Å². The third-order valence-corrected chi connectivity index (χ3v) is 44.4. The Bertz CT molecular complexity index is 5770. The first kappa shape index (κ1) is 82.9. The van der Waals surface area contributed by atoms with Crippen LogP contribution < -0.4 is 18.9 Å². The first-order chi connectivity index (χ1) is 58.3. The van der Waals surface area contributed by atoms with Crippen LogP contribution in [0.4, 0.5) is 0 Å². The van der Waals surface area contributed by atoms with Crippen molar-refractivity contribution in [2.45, 2.75) is 373 Å². The molecule has 0 amide bonds. The molecule has 6 nitrogen and oxygen atoms in total. The molecule has 6 aromatic carbocycles. The summed E-state index contributed by atoms with van der Waals surface area (Å²) in [5, 5.41) is 15.3. The van der Waals surface area contributed by atoms with Gasteiger partial charge in [0.15, 0.2) is 0 Å². The molecule has 6 aromatic rings. The van der Waals surface area contributed by atoms with Crippen LogP contribution >= 0.6 is 0 Å². The van der Waals surface area contributed by atoms with Crippen LogP contribution in [0.25, 0.3) is 65.4 Å². The number of allylic oxidation sites excluding steroid dienone is 16. The Kier molecular flexibility index (Phi) is 18.5. The van der Waals surface area contributed by atoms with Crippen molar-refractivity contribution >= 4 is 85.6 Å². The Labute approximate surface area is 755 Å². The molecule has 0 aromatic heterocycles. The first-order valence-electron chi connectivity index (χ1n) is 50.1. The summed E-state index contributed by atoms with van der Waals surface area (Å²) in [6, 6.07) is 0. The van der Waals surface area contributed by atoms with Crippen LogP contribution in [0.15, 0.2) is 68.9 Å². The largest absolute Gasteiger partial charge is 1.00 e. The van der Waals surface area contributed by atoms with Gasteiger partial charge < -0.3 is 0 Å². The molecule has 9 heteroatoms. The summed E-state index contributed by atoms with van der Waals surface area (Å²) in [5.41, 5.74) is 61.8. The average molecular weight is 1690 g/mol. The average Bonchev–Trinajstić information content (AvgIpc) is 1.44. The zero-order valence-corrected chi connectivity index (χ0v) is 78.1. The number of rotatable bonds is 10. The van der Waals surface area contributed by atoms with Crippen molar-refractivity contribution in [1.29, 1.82) is 0 Å². The number of hydrogen-bond acceptors (Lipinski definition) is 4. The minimum atomic E-state index is -4.80. The maximum absolute atomic E-state index is 10.3. The van der Waals surface area contributed by atoms with E-state index < -0.39 is 24.3 Å². The van der Waals surface area contributed by atoms with Crippen molar-refractivity contribution in [3.8, 4) is 0 Å². The molecule has 0 radical (unpaired) electrons. The van der Waals surface area contributed by atoms with Gasteiger partial charge >= 0.3 is 18.9 Å². The second-order valence-electron chi connectivity index (χ2n) is 45.2. The van der Waals surface area contributed by atoms with Crippen LogP contribution in [0.1, 0.15) is 480 Å². The Morgan fingerprint density at radius 3 is 0.702 bits per heavy atom. The third kappa shape index (κ3) is 9.42. The Morgan fingerprint density at radius 2 is 0.532 bits per heavy atom. The summed E-state index contributed by atoms with van der Waals surface area (Å²) in [6.07, 6.45) is 47.2. The minimum Gasteiger partial charge on any atom is -0.284 e. The van der Waals surface area contributed by atoms with Crippen molar-refractivity contribution in [3.63, 3.8) is 0 Å². The molecule has 26 aliphatic rings. The van der Waals surface area contributed by atoms with Crippen LogP contribution in [0.2, 0.25) is 0 Å². The van der Waals surface area contributed by atoms with E-state index in [1.807, 2.05) is 177 Å². The summed E-state index contributed by atoms with van der Waals surface area (Å²) in [5.74, 6) is 22.1. The number of benzene rings is 6. The molecule has 2 saturated carbocycles. The van der Waals surface area contributed by atoms with Crippen molar-refractivity contribution in [1.82, 2.24) is 0 Å². The predicted molar refractivity (Wildman–Crippen MR) is 511 cm³/mol. The van der Waals surface area contributed by atoms with Gasteiger partial charge in [-0.15, -0.1) is 13.3 Å². The molecule has 0 heterocycles. The molecule has 0 bridgehead atoms. The number of hydrogen-bond donors (Lipinski definition) is 2. The van der Waals surface area contributed by atoms with Crippen molar-refractivity contribution < 1.29 is 44.8 Å². The topological polar surface area (TPSA) is 109 Å². The summed E-state index contributed by atoms with van der Waals surface area (Å²) in [4.78, 5) is 0. The second kappa shape index (κ2) is 27.6. The fourth-order valence-electron chi connectivity index (χ4n) is 36.3. The van der Waals surface area contributed by atoms with E-state index in [4.69, 9.17) is 9.11 Å². The van der Waals surface area contributed by atoms with Gasteiger partial charge in [0, 0.05) is 23.7 Å². The fourth-order valence-corrected chi connectivity index (χ4v) is 37.4. The molecule has 26 aliphatic carbocycles. The normalized spacial score (nSPS) is 35.5. The minimum absolute atomic E-state index is 0. The molecule has 2 fully saturated rings. The molecular formula is C115H139LiO6S2. The molecule has 32 rings (SSSR count). The van der Waals surface area contributed by atoms with Gasteiger partial charge in [0.25, 0.3) is 20.2 Å². The maximum Gasteiger partial charge on any atom is 1.00 e. The first-order valence-corrected chi connectivity index (χ1v) is 53.0. The molecule has 0 aliphatic heterocycles. The van der Waals surface area contributed by atoms with E-state index in [1.54, 1.807) is 0 Å². The summed E-state index contributed by atoms with van der Waals surface area (Å²) < 4.78 is 55.3.